The highest BCUT2D eigenvalue weighted by Crippen LogP contribution is 2.34. The van der Waals surface area contributed by atoms with Gasteiger partial charge >= 0.3 is 0 Å². The number of aliphatic hydroxyl groups is 1. The molecule has 1 aliphatic rings. The fourth-order valence-electron chi connectivity index (χ4n) is 2.85. The standard InChI is InChI=1S/C18H28N2O3/c1-13(17(2,3)22)19-16(21)18(11-5-6-12-18)20-14-7-9-15(23-4)10-8-14/h7-10,13,20,22H,5-6,11-12H2,1-4H3,(H,19,21)/t13-/m0/s1. The van der Waals surface area contributed by atoms with Gasteiger partial charge in [0.1, 0.15) is 11.3 Å². The Kier molecular flexibility index (Phi) is 5.19. The van der Waals surface area contributed by atoms with Gasteiger partial charge in [-0.3, -0.25) is 4.79 Å². The molecule has 0 unspecified atom stereocenters. The van der Waals surface area contributed by atoms with Crippen molar-refractivity contribution in [1.82, 2.24) is 5.32 Å². The van der Waals surface area contributed by atoms with Crippen LogP contribution in [0.4, 0.5) is 5.69 Å². The fraction of sp³-hybridized carbons (Fsp3) is 0.611. The van der Waals surface area contributed by atoms with Crippen LogP contribution in [0.3, 0.4) is 0 Å². The summed E-state index contributed by atoms with van der Waals surface area (Å²) < 4.78 is 5.17. The molecule has 0 bridgehead atoms. The molecular weight excluding hydrogens is 292 g/mol. The van der Waals surface area contributed by atoms with Crippen molar-refractivity contribution in [3.05, 3.63) is 24.3 Å². The third-order valence-electron chi connectivity index (χ3n) is 4.77. The van der Waals surface area contributed by atoms with E-state index in [1.54, 1.807) is 21.0 Å². The van der Waals surface area contributed by atoms with Crippen LogP contribution in [0.5, 0.6) is 5.75 Å². The zero-order valence-electron chi connectivity index (χ0n) is 14.5. The van der Waals surface area contributed by atoms with Crippen LogP contribution < -0.4 is 15.4 Å². The second-order valence-electron chi connectivity index (χ2n) is 6.99. The van der Waals surface area contributed by atoms with E-state index in [2.05, 4.69) is 10.6 Å². The summed E-state index contributed by atoms with van der Waals surface area (Å²) in [5.41, 5.74) is -0.650. The summed E-state index contributed by atoms with van der Waals surface area (Å²) in [5, 5.41) is 16.4. The molecule has 1 fully saturated rings. The van der Waals surface area contributed by atoms with E-state index in [9.17, 15) is 9.90 Å². The molecule has 128 valence electrons. The van der Waals surface area contributed by atoms with E-state index in [1.165, 1.54) is 0 Å². The zero-order chi connectivity index (χ0) is 17.1. The molecule has 0 aliphatic heterocycles. The number of hydrogen-bond acceptors (Lipinski definition) is 4. The number of nitrogens with one attached hydrogen (secondary N) is 2. The van der Waals surface area contributed by atoms with Crippen molar-refractivity contribution in [2.75, 3.05) is 12.4 Å². The molecule has 3 N–H and O–H groups in total. The normalized spacial score (nSPS) is 18.3. The van der Waals surface area contributed by atoms with Crippen molar-refractivity contribution in [2.45, 2.75) is 63.6 Å². The Morgan fingerprint density at radius 2 is 1.83 bits per heavy atom. The maximum atomic E-state index is 12.8. The van der Waals surface area contributed by atoms with Crippen LogP contribution in [-0.2, 0) is 4.79 Å². The quantitative estimate of drug-likeness (QED) is 0.754. The van der Waals surface area contributed by atoms with Gasteiger partial charge in [0.15, 0.2) is 0 Å². The molecule has 0 aromatic heterocycles. The van der Waals surface area contributed by atoms with Crippen LogP contribution >= 0.6 is 0 Å². The lowest BCUT2D eigenvalue weighted by Gasteiger charge is -2.34. The van der Waals surface area contributed by atoms with Crippen LogP contribution in [0, 0.1) is 0 Å². The van der Waals surface area contributed by atoms with Crippen molar-refractivity contribution < 1.29 is 14.6 Å². The summed E-state index contributed by atoms with van der Waals surface area (Å²) in [6, 6.07) is 7.28. The summed E-state index contributed by atoms with van der Waals surface area (Å²) in [7, 11) is 1.63. The molecule has 0 spiro atoms. The highest BCUT2D eigenvalue weighted by atomic mass is 16.5. The Balaban J connectivity index is 2.13. The van der Waals surface area contributed by atoms with Crippen LogP contribution in [0.2, 0.25) is 0 Å². The lowest BCUT2D eigenvalue weighted by atomic mass is 9.93. The Bertz CT molecular complexity index is 528. The van der Waals surface area contributed by atoms with Gasteiger partial charge in [0, 0.05) is 5.69 Å². The topological polar surface area (TPSA) is 70.6 Å². The van der Waals surface area contributed by atoms with E-state index in [1.807, 2.05) is 31.2 Å². The van der Waals surface area contributed by atoms with E-state index in [0.717, 1.165) is 37.1 Å². The molecule has 1 atom stereocenters. The maximum Gasteiger partial charge on any atom is 0.245 e. The van der Waals surface area contributed by atoms with E-state index in [4.69, 9.17) is 4.74 Å². The summed E-state index contributed by atoms with van der Waals surface area (Å²) in [6.45, 7) is 5.24. The number of rotatable bonds is 6. The van der Waals surface area contributed by atoms with Crippen molar-refractivity contribution in [3.8, 4) is 5.75 Å². The molecule has 23 heavy (non-hydrogen) atoms. The molecule has 5 heteroatoms. The van der Waals surface area contributed by atoms with Crippen LogP contribution in [0.15, 0.2) is 24.3 Å². The first kappa shape index (κ1) is 17.6. The first-order valence-corrected chi connectivity index (χ1v) is 8.22. The van der Waals surface area contributed by atoms with E-state index in [0.29, 0.717) is 0 Å². The first-order chi connectivity index (χ1) is 10.8. The van der Waals surface area contributed by atoms with Crippen molar-refractivity contribution in [1.29, 1.82) is 0 Å². The monoisotopic (exact) mass is 320 g/mol. The van der Waals surface area contributed by atoms with E-state index in [-0.39, 0.29) is 11.9 Å². The van der Waals surface area contributed by atoms with Crippen molar-refractivity contribution in [2.24, 2.45) is 0 Å². The molecule has 1 aromatic rings. The predicted octanol–water partition coefficient (Wildman–Crippen LogP) is 2.70. The summed E-state index contributed by atoms with van der Waals surface area (Å²) in [6.07, 6.45) is 3.63. The van der Waals surface area contributed by atoms with Gasteiger partial charge in [-0.05, 0) is 57.9 Å². The number of anilines is 1. The lowest BCUT2D eigenvalue weighted by molar-refractivity contribution is -0.127. The number of methoxy groups -OCH3 is 1. The van der Waals surface area contributed by atoms with Gasteiger partial charge in [0.25, 0.3) is 0 Å². The van der Waals surface area contributed by atoms with Gasteiger partial charge in [0.05, 0.1) is 18.8 Å². The van der Waals surface area contributed by atoms with Gasteiger partial charge in [-0.1, -0.05) is 12.8 Å². The molecular formula is C18H28N2O3. The minimum absolute atomic E-state index is 0.0413. The molecule has 1 amide bonds. The second kappa shape index (κ2) is 6.79. The molecule has 1 aromatic carbocycles. The molecule has 2 rings (SSSR count). The largest absolute Gasteiger partial charge is 0.497 e. The van der Waals surface area contributed by atoms with Crippen molar-refractivity contribution >= 4 is 11.6 Å². The van der Waals surface area contributed by atoms with Gasteiger partial charge in [-0.15, -0.1) is 0 Å². The van der Waals surface area contributed by atoms with E-state index < -0.39 is 11.1 Å². The third-order valence-corrected chi connectivity index (χ3v) is 4.77. The van der Waals surface area contributed by atoms with Gasteiger partial charge in [-0.2, -0.15) is 0 Å². The predicted molar refractivity (Wildman–Crippen MR) is 91.7 cm³/mol. The highest BCUT2D eigenvalue weighted by Gasteiger charge is 2.42. The molecule has 0 saturated heterocycles. The summed E-state index contributed by atoms with van der Waals surface area (Å²) in [5.74, 6) is 0.747. The molecule has 1 saturated carbocycles. The number of carbonyl (C=O) groups is 1. The van der Waals surface area contributed by atoms with Crippen molar-refractivity contribution in [3.63, 3.8) is 0 Å². The summed E-state index contributed by atoms with van der Waals surface area (Å²) in [4.78, 5) is 12.8. The average Bonchev–Trinajstić information content (AvgIpc) is 2.97. The number of benzene rings is 1. The van der Waals surface area contributed by atoms with Crippen LogP contribution in [0.25, 0.3) is 0 Å². The molecule has 1 aliphatic carbocycles. The Hall–Kier alpha value is -1.75. The summed E-state index contributed by atoms with van der Waals surface area (Å²) >= 11 is 0. The Morgan fingerprint density at radius 3 is 2.30 bits per heavy atom. The Morgan fingerprint density at radius 1 is 1.26 bits per heavy atom. The highest BCUT2D eigenvalue weighted by molar-refractivity contribution is 5.90. The lowest BCUT2D eigenvalue weighted by Crippen LogP contribution is -2.57. The third kappa shape index (κ3) is 4.16. The SMILES string of the molecule is COc1ccc(NC2(C(=O)N[C@@H](C)C(C)(C)O)CCCC2)cc1. The first-order valence-electron chi connectivity index (χ1n) is 8.22. The van der Waals surface area contributed by atoms with Crippen LogP contribution in [-0.4, -0.2) is 35.3 Å². The second-order valence-corrected chi connectivity index (χ2v) is 6.99. The van der Waals surface area contributed by atoms with Gasteiger partial charge in [0.2, 0.25) is 5.91 Å². The number of amides is 1. The number of ether oxygens (including phenoxy) is 1. The molecule has 0 heterocycles. The smallest absolute Gasteiger partial charge is 0.245 e. The average molecular weight is 320 g/mol. The van der Waals surface area contributed by atoms with Crippen LogP contribution in [0.1, 0.15) is 46.5 Å². The van der Waals surface area contributed by atoms with E-state index >= 15 is 0 Å². The molecule has 0 radical (unpaired) electrons. The Labute approximate surface area is 138 Å². The van der Waals surface area contributed by atoms with Gasteiger partial charge in [-0.25, -0.2) is 0 Å². The number of hydrogen-bond donors (Lipinski definition) is 3. The number of carbonyl (C=O) groups excluding carboxylic acids is 1. The minimum atomic E-state index is -0.949. The zero-order valence-corrected chi connectivity index (χ0v) is 14.5. The van der Waals surface area contributed by atoms with Gasteiger partial charge < -0.3 is 20.5 Å². The maximum absolute atomic E-state index is 12.8. The fourth-order valence-corrected chi connectivity index (χ4v) is 2.85. The minimum Gasteiger partial charge on any atom is -0.497 e. The molecule has 5 nitrogen and oxygen atoms in total.